The minimum absolute atomic E-state index is 0.0875. The molecule has 0 N–H and O–H groups in total. The van der Waals surface area contributed by atoms with E-state index in [-0.39, 0.29) is 4.90 Å². The van der Waals surface area contributed by atoms with Crippen LogP contribution in [0.1, 0.15) is 5.56 Å². The van der Waals surface area contributed by atoms with E-state index in [2.05, 4.69) is 15.9 Å². The predicted molar refractivity (Wildman–Crippen MR) is 94.1 cm³/mol. The lowest BCUT2D eigenvalue weighted by molar-refractivity contribution is -0.127. The first-order chi connectivity index (χ1) is 10.8. The Bertz CT molecular complexity index is 806. The van der Waals surface area contributed by atoms with Gasteiger partial charge in [0.2, 0.25) is 5.91 Å². The Balaban J connectivity index is 2.08. The van der Waals surface area contributed by atoms with Gasteiger partial charge in [-0.15, -0.1) is 0 Å². The van der Waals surface area contributed by atoms with Gasteiger partial charge >= 0.3 is 0 Å². The molecule has 0 saturated carbocycles. The summed E-state index contributed by atoms with van der Waals surface area (Å²) in [6, 6.07) is 13.3. The molecule has 2 aromatic rings. The van der Waals surface area contributed by atoms with Crippen molar-refractivity contribution in [1.82, 2.24) is 4.90 Å². The Morgan fingerprint density at radius 3 is 2.35 bits per heavy atom. The average molecular weight is 417 g/mol. The van der Waals surface area contributed by atoms with Crippen molar-refractivity contribution < 1.29 is 13.2 Å². The van der Waals surface area contributed by atoms with E-state index in [9.17, 15) is 13.2 Å². The number of amides is 1. The number of hydrogen-bond donors (Lipinski definition) is 0. The molecule has 0 aliphatic rings. The number of rotatable bonds is 5. The minimum atomic E-state index is -3.69. The molecule has 0 heterocycles. The van der Waals surface area contributed by atoms with Gasteiger partial charge in [0, 0.05) is 23.1 Å². The quantitative estimate of drug-likeness (QED) is 0.749. The van der Waals surface area contributed by atoms with Crippen molar-refractivity contribution in [2.45, 2.75) is 11.4 Å². The number of carbonyl (C=O) groups is 1. The van der Waals surface area contributed by atoms with E-state index in [1.165, 1.54) is 29.2 Å². The van der Waals surface area contributed by atoms with Crippen molar-refractivity contribution in [3.05, 3.63) is 63.6 Å². The van der Waals surface area contributed by atoms with Gasteiger partial charge in [0.25, 0.3) is 0 Å². The molecular formula is C16H15BrClNO3S. The molecule has 0 radical (unpaired) electrons. The van der Waals surface area contributed by atoms with Crippen molar-refractivity contribution in [2.24, 2.45) is 0 Å². The molecule has 7 heteroatoms. The van der Waals surface area contributed by atoms with E-state index >= 15 is 0 Å². The van der Waals surface area contributed by atoms with E-state index in [0.29, 0.717) is 11.6 Å². The van der Waals surface area contributed by atoms with Gasteiger partial charge in [0.05, 0.1) is 4.90 Å². The van der Waals surface area contributed by atoms with Gasteiger partial charge in [-0.05, 0) is 35.9 Å². The highest BCUT2D eigenvalue weighted by Gasteiger charge is 2.22. The molecule has 0 fully saturated rings. The van der Waals surface area contributed by atoms with Crippen LogP contribution in [0.2, 0.25) is 5.02 Å². The van der Waals surface area contributed by atoms with Gasteiger partial charge in [-0.1, -0.05) is 45.7 Å². The number of carbonyl (C=O) groups excluding carboxylic acids is 1. The number of hydrogen-bond acceptors (Lipinski definition) is 3. The molecule has 0 atom stereocenters. The van der Waals surface area contributed by atoms with Gasteiger partial charge < -0.3 is 4.90 Å². The number of halogens is 2. The van der Waals surface area contributed by atoms with Crippen LogP contribution in [0.4, 0.5) is 0 Å². The molecule has 122 valence electrons. The predicted octanol–water partition coefficient (Wildman–Crippen LogP) is 3.53. The Morgan fingerprint density at radius 1 is 1.13 bits per heavy atom. The van der Waals surface area contributed by atoms with Crippen LogP contribution in [0.25, 0.3) is 0 Å². The van der Waals surface area contributed by atoms with Crippen LogP contribution in [0, 0.1) is 0 Å². The standard InChI is InChI=1S/C16H15BrClNO3S/c1-19(10-12-4-2-3-5-15(12)17)16(20)11-23(21,22)14-8-6-13(18)7-9-14/h2-9H,10-11H2,1H3. The van der Waals surface area contributed by atoms with Crippen LogP contribution in [0.5, 0.6) is 0 Å². The summed E-state index contributed by atoms with van der Waals surface area (Å²) >= 11 is 9.16. The highest BCUT2D eigenvalue weighted by Crippen LogP contribution is 2.19. The third kappa shape index (κ3) is 4.80. The molecule has 4 nitrogen and oxygen atoms in total. The highest BCUT2D eigenvalue weighted by molar-refractivity contribution is 9.10. The zero-order valence-electron chi connectivity index (χ0n) is 12.4. The second kappa shape index (κ2) is 7.47. The van der Waals surface area contributed by atoms with E-state index in [1.807, 2.05) is 24.3 Å². The highest BCUT2D eigenvalue weighted by atomic mass is 79.9. The normalized spacial score (nSPS) is 11.3. The SMILES string of the molecule is CN(Cc1ccccc1Br)C(=O)CS(=O)(=O)c1ccc(Cl)cc1. The smallest absolute Gasteiger partial charge is 0.238 e. The molecule has 0 unspecified atom stereocenters. The maximum absolute atomic E-state index is 12.3. The van der Waals surface area contributed by atoms with Crippen molar-refractivity contribution in [3.63, 3.8) is 0 Å². The summed E-state index contributed by atoms with van der Waals surface area (Å²) in [5, 5.41) is 0.446. The topological polar surface area (TPSA) is 54.5 Å². The summed E-state index contributed by atoms with van der Waals surface area (Å²) in [7, 11) is -2.10. The maximum atomic E-state index is 12.3. The molecule has 2 aromatic carbocycles. The number of sulfone groups is 1. The zero-order valence-corrected chi connectivity index (χ0v) is 15.5. The summed E-state index contributed by atoms with van der Waals surface area (Å²) in [4.78, 5) is 13.7. The maximum Gasteiger partial charge on any atom is 0.238 e. The first kappa shape index (κ1) is 18.0. The molecule has 2 rings (SSSR count). The van der Waals surface area contributed by atoms with E-state index in [4.69, 9.17) is 11.6 Å². The van der Waals surface area contributed by atoms with Crippen molar-refractivity contribution >= 4 is 43.3 Å². The molecule has 0 aromatic heterocycles. The van der Waals surface area contributed by atoms with Crippen LogP contribution in [0.3, 0.4) is 0 Å². The molecule has 0 bridgehead atoms. The Morgan fingerprint density at radius 2 is 1.74 bits per heavy atom. The summed E-state index contributed by atoms with van der Waals surface area (Å²) in [6.45, 7) is 0.330. The zero-order chi connectivity index (χ0) is 17.0. The third-order valence-corrected chi connectivity index (χ3v) is 5.92. The van der Waals surface area contributed by atoms with Gasteiger partial charge in [0.15, 0.2) is 9.84 Å². The fraction of sp³-hybridized carbons (Fsp3) is 0.188. The third-order valence-electron chi connectivity index (χ3n) is 3.28. The fourth-order valence-corrected chi connectivity index (χ4v) is 3.77. The Hall–Kier alpha value is -1.37. The summed E-state index contributed by atoms with van der Waals surface area (Å²) in [6.07, 6.45) is 0. The summed E-state index contributed by atoms with van der Waals surface area (Å²) < 4.78 is 25.4. The molecule has 23 heavy (non-hydrogen) atoms. The molecule has 0 spiro atoms. The van der Waals surface area contributed by atoms with Crippen molar-refractivity contribution in [3.8, 4) is 0 Å². The lowest BCUT2D eigenvalue weighted by Crippen LogP contribution is -2.32. The van der Waals surface area contributed by atoms with Crippen LogP contribution in [-0.4, -0.2) is 32.0 Å². The Labute approximate surface area is 149 Å². The van der Waals surface area contributed by atoms with Crippen molar-refractivity contribution in [1.29, 1.82) is 0 Å². The largest absolute Gasteiger partial charge is 0.340 e. The van der Waals surface area contributed by atoms with E-state index in [0.717, 1.165) is 10.0 Å². The van der Waals surface area contributed by atoms with Crippen LogP contribution in [-0.2, 0) is 21.2 Å². The number of benzene rings is 2. The van der Waals surface area contributed by atoms with Crippen LogP contribution < -0.4 is 0 Å². The second-order valence-electron chi connectivity index (χ2n) is 5.05. The van der Waals surface area contributed by atoms with Gasteiger partial charge in [-0.3, -0.25) is 4.79 Å². The first-order valence-electron chi connectivity index (χ1n) is 6.75. The second-order valence-corrected chi connectivity index (χ2v) is 8.33. The molecule has 0 saturated heterocycles. The molecular weight excluding hydrogens is 402 g/mol. The monoisotopic (exact) mass is 415 g/mol. The van der Waals surface area contributed by atoms with Crippen LogP contribution in [0.15, 0.2) is 57.9 Å². The molecule has 1 amide bonds. The van der Waals surface area contributed by atoms with Gasteiger partial charge in [0.1, 0.15) is 5.75 Å². The number of nitrogens with zero attached hydrogens (tertiary/aromatic N) is 1. The summed E-state index contributed by atoms with van der Waals surface area (Å²) in [5.74, 6) is -1.04. The van der Waals surface area contributed by atoms with Gasteiger partial charge in [-0.25, -0.2) is 8.42 Å². The van der Waals surface area contributed by atoms with E-state index in [1.54, 1.807) is 7.05 Å². The fourth-order valence-electron chi connectivity index (χ4n) is 1.97. The lowest BCUT2D eigenvalue weighted by atomic mass is 10.2. The first-order valence-corrected chi connectivity index (χ1v) is 9.57. The summed E-state index contributed by atoms with van der Waals surface area (Å²) in [5.41, 5.74) is 0.909. The van der Waals surface area contributed by atoms with Gasteiger partial charge in [-0.2, -0.15) is 0 Å². The minimum Gasteiger partial charge on any atom is -0.340 e. The van der Waals surface area contributed by atoms with E-state index < -0.39 is 21.5 Å². The van der Waals surface area contributed by atoms with Crippen molar-refractivity contribution in [2.75, 3.05) is 12.8 Å². The van der Waals surface area contributed by atoms with Crippen LogP contribution >= 0.6 is 27.5 Å². The average Bonchev–Trinajstić information content (AvgIpc) is 2.49. The Kier molecular flexibility index (Phi) is 5.84. The lowest BCUT2D eigenvalue weighted by Gasteiger charge is -2.18. The molecule has 0 aliphatic carbocycles. The molecule has 0 aliphatic heterocycles.